The van der Waals surface area contributed by atoms with Crippen molar-refractivity contribution < 1.29 is 9.53 Å². The molecule has 0 saturated heterocycles. The van der Waals surface area contributed by atoms with E-state index >= 15 is 0 Å². The number of fused-ring (bicyclic) bond motifs is 1. The van der Waals surface area contributed by atoms with Crippen LogP contribution in [0.2, 0.25) is 0 Å². The zero-order valence-corrected chi connectivity index (χ0v) is 18.3. The summed E-state index contributed by atoms with van der Waals surface area (Å²) in [5, 5.41) is 21.9. The van der Waals surface area contributed by atoms with Gasteiger partial charge < -0.3 is 10.1 Å². The normalized spacial score (nSPS) is 15.3. The number of carbonyl (C=O) groups excluding carboxylic acids is 1. The van der Waals surface area contributed by atoms with Gasteiger partial charge in [-0.3, -0.25) is 9.36 Å². The number of thioether (sulfide) groups is 1. The predicted octanol–water partition coefficient (Wildman–Crippen LogP) is 4.06. The number of nitriles is 1. The van der Waals surface area contributed by atoms with Gasteiger partial charge in [0.2, 0.25) is 5.91 Å². The van der Waals surface area contributed by atoms with Gasteiger partial charge in [-0.1, -0.05) is 30.8 Å². The molecule has 0 fully saturated rings. The lowest BCUT2D eigenvalue weighted by atomic mass is 9.89. The molecule has 1 atom stereocenters. The highest BCUT2D eigenvalue weighted by Crippen LogP contribution is 2.39. The minimum Gasteiger partial charge on any atom is -0.495 e. The third-order valence-corrected chi connectivity index (χ3v) is 7.18. The highest BCUT2D eigenvalue weighted by Gasteiger charge is 2.24. The van der Waals surface area contributed by atoms with Gasteiger partial charge >= 0.3 is 0 Å². The van der Waals surface area contributed by atoms with E-state index in [0.717, 1.165) is 30.5 Å². The molecule has 1 amide bonds. The smallest absolute Gasteiger partial charge is 0.235 e. The van der Waals surface area contributed by atoms with E-state index in [9.17, 15) is 10.1 Å². The molecule has 0 radical (unpaired) electrons. The number of amides is 1. The topological polar surface area (TPSA) is 92.8 Å². The predicted molar refractivity (Wildman–Crippen MR) is 117 cm³/mol. The average molecular weight is 440 g/mol. The summed E-state index contributed by atoms with van der Waals surface area (Å²) in [6.07, 6.45) is 4.56. The molecule has 0 unspecified atom stereocenters. The standard InChI is InChI=1S/C21H21N5O2S2/c1-13-7-8-14-15(10-22)20(30-18(14)9-13)24-19(27)11-29-21-25-23-12-26(21)16-5-3-4-6-17(16)28-2/h3-6,12-13H,7-9,11H2,1-2H3,(H,24,27)/t13-/m1/s1. The van der Waals surface area contributed by atoms with E-state index in [1.54, 1.807) is 18.0 Å². The number of thiophene rings is 1. The largest absolute Gasteiger partial charge is 0.495 e. The minimum absolute atomic E-state index is 0.164. The summed E-state index contributed by atoms with van der Waals surface area (Å²) in [5.74, 6) is 1.30. The van der Waals surface area contributed by atoms with Crippen molar-refractivity contribution in [3.8, 4) is 17.5 Å². The fourth-order valence-electron chi connectivity index (χ4n) is 3.57. The number of benzene rings is 1. The van der Waals surface area contributed by atoms with Crippen LogP contribution in [-0.4, -0.2) is 33.5 Å². The van der Waals surface area contributed by atoms with E-state index in [-0.39, 0.29) is 11.7 Å². The van der Waals surface area contributed by atoms with E-state index in [2.05, 4.69) is 28.5 Å². The zero-order valence-electron chi connectivity index (χ0n) is 16.7. The monoisotopic (exact) mass is 439 g/mol. The summed E-state index contributed by atoms with van der Waals surface area (Å²) in [4.78, 5) is 13.8. The first-order chi connectivity index (χ1) is 14.6. The molecule has 0 bridgehead atoms. The second kappa shape index (κ2) is 8.90. The quantitative estimate of drug-likeness (QED) is 0.582. The lowest BCUT2D eigenvalue weighted by molar-refractivity contribution is -0.113. The number of carbonyl (C=O) groups is 1. The first kappa shape index (κ1) is 20.4. The second-order valence-corrected chi connectivity index (χ2v) is 9.21. The van der Waals surface area contributed by atoms with Gasteiger partial charge in [-0.2, -0.15) is 5.26 Å². The number of hydrogen-bond donors (Lipinski definition) is 1. The summed E-state index contributed by atoms with van der Waals surface area (Å²) < 4.78 is 7.20. The van der Waals surface area contributed by atoms with Crippen molar-refractivity contribution in [1.29, 1.82) is 5.26 Å². The van der Waals surface area contributed by atoms with Crippen LogP contribution >= 0.6 is 23.1 Å². The molecule has 4 rings (SSSR count). The molecule has 1 aliphatic rings. The SMILES string of the molecule is COc1ccccc1-n1cnnc1SCC(=O)Nc1sc2c(c1C#N)CC[C@@H](C)C2. The van der Waals surface area contributed by atoms with Crippen molar-refractivity contribution >= 4 is 34.0 Å². The lowest BCUT2D eigenvalue weighted by Gasteiger charge is -2.17. The maximum atomic E-state index is 12.6. The van der Waals surface area contributed by atoms with E-state index < -0.39 is 0 Å². The summed E-state index contributed by atoms with van der Waals surface area (Å²) in [6.45, 7) is 2.22. The Morgan fingerprint density at radius 3 is 3.10 bits per heavy atom. The molecule has 1 aromatic carbocycles. The molecule has 9 heteroatoms. The summed E-state index contributed by atoms with van der Waals surface area (Å²) in [7, 11) is 1.61. The molecule has 7 nitrogen and oxygen atoms in total. The van der Waals surface area contributed by atoms with Gasteiger partial charge in [-0.05, 0) is 42.9 Å². The Bertz CT molecular complexity index is 1120. The van der Waals surface area contributed by atoms with Crippen molar-refractivity contribution in [3.63, 3.8) is 0 Å². The fraction of sp³-hybridized carbons (Fsp3) is 0.333. The zero-order chi connectivity index (χ0) is 21.1. The first-order valence-corrected chi connectivity index (χ1v) is 11.4. The number of methoxy groups -OCH3 is 1. The highest BCUT2D eigenvalue weighted by molar-refractivity contribution is 7.99. The summed E-state index contributed by atoms with van der Waals surface area (Å²) in [6, 6.07) is 9.85. The Labute approximate surface area is 183 Å². The summed E-state index contributed by atoms with van der Waals surface area (Å²) >= 11 is 2.82. The van der Waals surface area contributed by atoms with Gasteiger partial charge in [0, 0.05) is 4.88 Å². The van der Waals surface area contributed by atoms with Crippen LogP contribution in [0.4, 0.5) is 5.00 Å². The number of anilines is 1. The molecular formula is C21H21N5O2S2. The van der Waals surface area contributed by atoms with Crippen molar-refractivity contribution in [2.75, 3.05) is 18.2 Å². The van der Waals surface area contributed by atoms with Gasteiger partial charge in [-0.15, -0.1) is 21.5 Å². The molecule has 154 valence electrons. The van der Waals surface area contributed by atoms with Crippen molar-refractivity contribution in [3.05, 3.63) is 46.6 Å². The van der Waals surface area contributed by atoms with Gasteiger partial charge in [0.1, 0.15) is 23.1 Å². The Morgan fingerprint density at radius 1 is 1.47 bits per heavy atom. The van der Waals surface area contributed by atoms with E-state index in [1.807, 2.05) is 24.3 Å². The Hall–Kier alpha value is -2.83. The van der Waals surface area contributed by atoms with Crippen LogP contribution in [-0.2, 0) is 17.6 Å². The molecule has 2 heterocycles. The van der Waals surface area contributed by atoms with Gasteiger partial charge in [0.15, 0.2) is 5.16 Å². The van der Waals surface area contributed by atoms with Gasteiger partial charge in [-0.25, -0.2) is 0 Å². The number of para-hydroxylation sites is 2. The first-order valence-electron chi connectivity index (χ1n) is 9.61. The molecule has 0 saturated carbocycles. The van der Waals surface area contributed by atoms with E-state index in [4.69, 9.17) is 4.74 Å². The molecule has 1 aliphatic carbocycles. The number of nitrogens with one attached hydrogen (secondary N) is 1. The van der Waals surface area contributed by atoms with Gasteiger partial charge in [0.05, 0.1) is 24.1 Å². The molecule has 2 aromatic heterocycles. The Kier molecular flexibility index (Phi) is 6.06. The Morgan fingerprint density at radius 2 is 2.30 bits per heavy atom. The maximum absolute atomic E-state index is 12.6. The van der Waals surface area contributed by atoms with Crippen LogP contribution in [0, 0.1) is 17.2 Å². The van der Waals surface area contributed by atoms with E-state index in [0.29, 0.717) is 27.4 Å². The third kappa shape index (κ3) is 4.06. The van der Waals surface area contributed by atoms with Crippen LogP contribution in [0.1, 0.15) is 29.3 Å². The van der Waals surface area contributed by atoms with Crippen molar-refractivity contribution in [2.45, 2.75) is 31.3 Å². The average Bonchev–Trinajstić information content (AvgIpc) is 3.35. The fourth-order valence-corrected chi connectivity index (χ4v) is 5.67. The minimum atomic E-state index is -0.169. The molecule has 3 aromatic rings. The second-order valence-electron chi connectivity index (χ2n) is 7.16. The third-order valence-electron chi connectivity index (χ3n) is 5.07. The number of nitrogens with zero attached hydrogens (tertiary/aromatic N) is 4. The number of ether oxygens (including phenoxy) is 1. The molecule has 0 aliphatic heterocycles. The van der Waals surface area contributed by atoms with E-state index in [1.165, 1.54) is 28.0 Å². The van der Waals surface area contributed by atoms with Crippen LogP contribution in [0.5, 0.6) is 5.75 Å². The number of aromatic nitrogens is 3. The molecule has 0 spiro atoms. The molecular weight excluding hydrogens is 418 g/mol. The van der Waals surface area contributed by atoms with Crippen molar-refractivity contribution in [2.24, 2.45) is 5.92 Å². The van der Waals surface area contributed by atoms with Crippen molar-refractivity contribution in [1.82, 2.24) is 14.8 Å². The lowest BCUT2D eigenvalue weighted by Crippen LogP contribution is -2.14. The number of rotatable bonds is 6. The van der Waals surface area contributed by atoms with Gasteiger partial charge in [0.25, 0.3) is 0 Å². The molecule has 1 N–H and O–H groups in total. The highest BCUT2D eigenvalue weighted by atomic mass is 32.2. The number of hydrogen-bond acceptors (Lipinski definition) is 7. The van der Waals surface area contributed by atoms with Crippen LogP contribution in [0.25, 0.3) is 5.69 Å². The Balaban J connectivity index is 1.46. The van der Waals surface area contributed by atoms with Crippen LogP contribution in [0.15, 0.2) is 35.7 Å². The summed E-state index contributed by atoms with van der Waals surface area (Å²) in [5.41, 5.74) is 2.54. The van der Waals surface area contributed by atoms with Crippen LogP contribution < -0.4 is 10.1 Å². The van der Waals surface area contributed by atoms with Crippen LogP contribution in [0.3, 0.4) is 0 Å². The molecule has 30 heavy (non-hydrogen) atoms. The maximum Gasteiger partial charge on any atom is 0.235 e.